The van der Waals surface area contributed by atoms with E-state index in [1.54, 1.807) is 6.29 Å². The fourth-order valence-corrected chi connectivity index (χ4v) is 1.33. The minimum absolute atomic E-state index is 0.0253. The van der Waals surface area contributed by atoms with Crippen LogP contribution in [-0.4, -0.2) is 41.9 Å². The summed E-state index contributed by atoms with van der Waals surface area (Å²) in [5, 5.41) is 11.0. The standard InChI is InChI=1S/C11H20N3O4/c12-6-2-1-3-8(7-15)14-10(16)5-4-9(13)11(17)18/h8-9H,1-6,12-13H2,(H,14,16)(H,17,18). The van der Waals surface area contributed by atoms with Crippen LogP contribution in [0.5, 0.6) is 0 Å². The van der Waals surface area contributed by atoms with E-state index in [1.165, 1.54) is 0 Å². The van der Waals surface area contributed by atoms with Crippen LogP contribution in [0.2, 0.25) is 0 Å². The summed E-state index contributed by atoms with van der Waals surface area (Å²) in [5.74, 6) is -1.54. The van der Waals surface area contributed by atoms with Crippen LogP contribution in [0.25, 0.3) is 0 Å². The maximum absolute atomic E-state index is 11.4. The number of amides is 1. The highest BCUT2D eigenvalue weighted by atomic mass is 16.4. The number of unbranched alkanes of at least 4 members (excludes halogenated alkanes) is 1. The third-order valence-corrected chi connectivity index (χ3v) is 2.42. The molecule has 103 valence electrons. The van der Waals surface area contributed by atoms with E-state index in [1.807, 2.05) is 0 Å². The van der Waals surface area contributed by atoms with Gasteiger partial charge in [-0.3, -0.25) is 14.4 Å². The van der Waals surface area contributed by atoms with Gasteiger partial charge in [-0.25, -0.2) is 0 Å². The van der Waals surface area contributed by atoms with Gasteiger partial charge in [0.15, 0.2) is 0 Å². The van der Waals surface area contributed by atoms with E-state index in [9.17, 15) is 14.4 Å². The molecule has 0 saturated heterocycles. The first-order chi connectivity index (χ1) is 8.51. The number of carbonyl (C=O) groups is 2. The molecule has 0 spiro atoms. The zero-order valence-electron chi connectivity index (χ0n) is 10.2. The van der Waals surface area contributed by atoms with Crippen LogP contribution < -0.4 is 16.8 Å². The highest BCUT2D eigenvalue weighted by molar-refractivity contribution is 5.80. The van der Waals surface area contributed by atoms with Gasteiger partial charge in [0.25, 0.3) is 0 Å². The van der Waals surface area contributed by atoms with Crippen molar-refractivity contribution in [2.75, 3.05) is 6.54 Å². The Morgan fingerprint density at radius 2 is 1.94 bits per heavy atom. The number of aliphatic carboxylic acids is 1. The Morgan fingerprint density at radius 1 is 1.28 bits per heavy atom. The van der Waals surface area contributed by atoms with Crippen LogP contribution in [-0.2, 0) is 14.4 Å². The van der Waals surface area contributed by atoms with Crippen molar-refractivity contribution in [1.29, 1.82) is 0 Å². The van der Waals surface area contributed by atoms with Crippen LogP contribution in [0.4, 0.5) is 0 Å². The predicted molar refractivity (Wildman–Crippen MR) is 65.4 cm³/mol. The van der Waals surface area contributed by atoms with Gasteiger partial charge in [-0.2, -0.15) is 0 Å². The molecule has 7 heteroatoms. The predicted octanol–water partition coefficient (Wildman–Crippen LogP) is -1.10. The molecule has 18 heavy (non-hydrogen) atoms. The molecule has 0 fully saturated rings. The summed E-state index contributed by atoms with van der Waals surface area (Å²) in [6, 6.07) is -1.73. The second-order valence-corrected chi connectivity index (χ2v) is 4.01. The molecule has 0 aliphatic carbocycles. The van der Waals surface area contributed by atoms with Gasteiger partial charge in [-0.05, 0) is 32.2 Å². The largest absolute Gasteiger partial charge is 0.480 e. The first kappa shape index (κ1) is 16.5. The van der Waals surface area contributed by atoms with E-state index in [2.05, 4.69) is 5.32 Å². The fraction of sp³-hybridized carbons (Fsp3) is 0.727. The zero-order chi connectivity index (χ0) is 14.0. The van der Waals surface area contributed by atoms with E-state index in [0.29, 0.717) is 13.0 Å². The normalized spacial score (nSPS) is 13.7. The molecule has 0 aromatic heterocycles. The van der Waals surface area contributed by atoms with Crippen LogP contribution in [0.1, 0.15) is 32.1 Å². The molecule has 0 aromatic rings. The Labute approximate surface area is 106 Å². The van der Waals surface area contributed by atoms with E-state index in [4.69, 9.17) is 16.6 Å². The fourth-order valence-electron chi connectivity index (χ4n) is 1.33. The number of carboxylic acid groups (broad SMARTS) is 1. The van der Waals surface area contributed by atoms with Gasteiger partial charge in [0.2, 0.25) is 12.2 Å². The first-order valence-corrected chi connectivity index (χ1v) is 5.86. The highest BCUT2D eigenvalue weighted by Gasteiger charge is 2.16. The van der Waals surface area contributed by atoms with Crippen molar-refractivity contribution in [3.63, 3.8) is 0 Å². The molecule has 7 nitrogen and oxygen atoms in total. The molecule has 1 amide bonds. The molecule has 0 aliphatic rings. The number of hydrogen-bond donors (Lipinski definition) is 4. The average molecular weight is 258 g/mol. The van der Waals surface area contributed by atoms with Gasteiger partial charge in [-0.1, -0.05) is 0 Å². The second-order valence-electron chi connectivity index (χ2n) is 4.01. The molecule has 0 heterocycles. The van der Waals surface area contributed by atoms with Crippen molar-refractivity contribution >= 4 is 18.2 Å². The minimum atomic E-state index is -1.15. The molecule has 0 saturated carbocycles. The van der Waals surface area contributed by atoms with Crippen molar-refractivity contribution in [1.82, 2.24) is 5.32 Å². The number of nitrogens with two attached hydrogens (primary N) is 2. The number of nitrogens with one attached hydrogen (secondary N) is 1. The van der Waals surface area contributed by atoms with E-state index in [0.717, 1.165) is 12.8 Å². The van der Waals surface area contributed by atoms with E-state index >= 15 is 0 Å². The highest BCUT2D eigenvalue weighted by Crippen LogP contribution is 2.00. The summed E-state index contributed by atoms with van der Waals surface area (Å²) in [5.41, 5.74) is 10.6. The van der Waals surface area contributed by atoms with Crippen molar-refractivity contribution in [2.45, 2.75) is 44.2 Å². The number of hydrogen-bond acceptors (Lipinski definition) is 5. The summed E-state index contributed by atoms with van der Waals surface area (Å²) in [4.78, 5) is 32.4. The monoisotopic (exact) mass is 258 g/mol. The lowest BCUT2D eigenvalue weighted by Gasteiger charge is -2.12. The van der Waals surface area contributed by atoms with Gasteiger partial charge in [0.1, 0.15) is 6.04 Å². The molecule has 2 unspecified atom stereocenters. The average Bonchev–Trinajstić information content (AvgIpc) is 2.34. The van der Waals surface area contributed by atoms with Crippen LogP contribution >= 0.6 is 0 Å². The van der Waals surface area contributed by atoms with Gasteiger partial charge >= 0.3 is 5.97 Å². The zero-order valence-corrected chi connectivity index (χ0v) is 10.2. The number of rotatable bonds is 10. The second kappa shape index (κ2) is 9.55. The SMILES string of the molecule is NCCCCC([C]=O)NC(=O)CCC(N)C(=O)O. The third-order valence-electron chi connectivity index (χ3n) is 2.42. The molecular weight excluding hydrogens is 238 g/mol. The van der Waals surface area contributed by atoms with Crippen molar-refractivity contribution < 1.29 is 19.5 Å². The van der Waals surface area contributed by atoms with E-state index < -0.39 is 24.0 Å². The quantitative estimate of drug-likeness (QED) is 0.367. The third kappa shape index (κ3) is 7.75. The Morgan fingerprint density at radius 3 is 2.44 bits per heavy atom. The van der Waals surface area contributed by atoms with E-state index in [-0.39, 0.29) is 12.8 Å². The van der Waals surface area contributed by atoms with Crippen molar-refractivity contribution in [3.8, 4) is 0 Å². The summed E-state index contributed by atoms with van der Waals surface area (Å²) < 4.78 is 0. The number of carbonyl (C=O) groups excluding carboxylic acids is 2. The van der Waals surface area contributed by atoms with Gasteiger partial charge in [0, 0.05) is 6.42 Å². The molecule has 6 N–H and O–H groups in total. The molecule has 0 bridgehead atoms. The lowest BCUT2D eigenvalue weighted by molar-refractivity contribution is -0.138. The lowest BCUT2D eigenvalue weighted by Crippen LogP contribution is -2.38. The Hall–Kier alpha value is -1.47. The summed E-state index contributed by atoms with van der Waals surface area (Å²) in [6.45, 7) is 0.535. The van der Waals surface area contributed by atoms with Crippen LogP contribution in [0, 0.1) is 0 Å². The van der Waals surface area contributed by atoms with Crippen LogP contribution in [0.15, 0.2) is 0 Å². The molecular formula is C11H20N3O4. The smallest absolute Gasteiger partial charge is 0.320 e. The van der Waals surface area contributed by atoms with Gasteiger partial charge < -0.3 is 21.9 Å². The Kier molecular flexibility index (Phi) is 8.77. The van der Waals surface area contributed by atoms with Gasteiger partial charge in [-0.15, -0.1) is 0 Å². The van der Waals surface area contributed by atoms with Crippen molar-refractivity contribution in [3.05, 3.63) is 0 Å². The maximum Gasteiger partial charge on any atom is 0.320 e. The summed E-state index contributed by atoms with van der Waals surface area (Å²) in [7, 11) is 0. The summed E-state index contributed by atoms with van der Waals surface area (Å²) >= 11 is 0. The molecule has 0 aliphatic heterocycles. The van der Waals surface area contributed by atoms with Crippen LogP contribution in [0.3, 0.4) is 0 Å². The Balaban J connectivity index is 3.89. The molecule has 0 aromatic carbocycles. The first-order valence-electron chi connectivity index (χ1n) is 5.86. The molecule has 0 rings (SSSR count). The maximum atomic E-state index is 11.4. The number of carboxylic acids is 1. The minimum Gasteiger partial charge on any atom is -0.480 e. The molecule has 2 atom stereocenters. The van der Waals surface area contributed by atoms with Gasteiger partial charge in [0.05, 0.1) is 6.04 Å². The summed E-state index contributed by atoms with van der Waals surface area (Å²) in [6.07, 6.45) is 3.73. The molecule has 1 radical (unpaired) electrons. The Bertz CT molecular complexity index is 283. The van der Waals surface area contributed by atoms with Crippen molar-refractivity contribution in [2.24, 2.45) is 11.5 Å². The topological polar surface area (TPSA) is 136 Å². The lowest BCUT2D eigenvalue weighted by atomic mass is 10.1.